The number of halogens is 3. The van der Waals surface area contributed by atoms with Gasteiger partial charge < -0.3 is 0 Å². The summed E-state index contributed by atoms with van der Waals surface area (Å²) in [4.78, 5) is 53.1. The highest BCUT2D eigenvalue weighted by molar-refractivity contribution is 9.10. The number of fused-ring (bicyclic) bond motifs is 1. The molecule has 0 N–H and O–H groups in total. The smallest absolute Gasteiger partial charge is 0.273 e. The Balaban J connectivity index is 1.70. The van der Waals surface area contributed by atoms with Crippen LogP contribution >= 0.6 is 39.1 Å². The van der Waals surface area contributed by atoms with E-state index in [2.05, 4.69) is 15.9 Å². The summed E-state index contributed by atoms with van der Waals surface area (Å²) >= 11 is 15.4. The molecule has 0 radical (unpaired) electrons. The Morgan fingerprint density at radius 2 is 1.61 bits per heavy atom. The lowest BCUT2D eigenvalue weighted by molar-refractivity contribution is -0.154. The van der Waals surface area contributed by atoms with Gasteiger partial charge in [-0.15, -0.1) is 0 Å². The molecule has 172 valence electrons. The maximum Gasteiger partial charge on any atom is 0.273 e. The zero-order valence-corrected chi connectivity index (χ0v) is 20.9. The number of nitrogens with zero attached hydrogens (tertiary/aromatic N) is 2. The van der Waals surface area contributed by atoms with E-state index in [9.17, 15) is 19.2 Å². The van der Waals surface area contributed by atoms with E-state index < -0.39 is 41.9 Å². The third kappa shape index (κ3) is 4.72. The number of rotatable bonds is 5. The third-order valence-electron chi connectivity index (χ3n) is 6.27. The first-order valence-corrected chi connectivity index (χ1v) is 12.2. The molecule has 6 nitrogen and oxygen atoms in total. The minimum Gasteiger partial charge on any atom is -0.292 e. The molecule has 1 aliphatic heterocycles. The summed E-state index contributed by atoms with van der Waals surface area (Å²) in [6, 6.07) is 10.9. The van der Waals surface area contributed by atoms with E-state index in [0.29, 0.717) is 24.3 Å². The van der Waals surface area contributed by atoms with Crippen molar-refractivity contribution in [2.75, 3.05) is 6.54 Å². The molecule has 3 amide bonds. The Morgan fingerprint density at radius 3 is 2.27 bits per heavy atom. The fourth-order valence-corrected chi connectivity index (χ4v) is 5.05. The molecule has 2 aromatic rings. The lowest BCUT2D eigenvalue weighted by Crippen LogP contribution is -2.52. The zero-order chi connectivity index (χ0) is 23.9. The van der Waals surface area contributed by atoms with Crippen LogP contribution in [0.4, 0.5) is 0 Å². The number of hydrogen-bond donors (Lipinski definition) is 0. The summed E-state index contributed by atoms with van der Waals surface area (Å²) < 4.78 is 0.797. The summed E-state index contributed by atoms with van der Waals surface area (Å²) in [5.41, 5.74) is 0.479. The number of hydrogen-bond acceptors (Lipinski definition) is 4. The van der Waals surface area contributed by atoms with Crippen LogP contribution in [-0.2, 0) is 9.59 Å². The molecule has 0 aromatic heterocycles. The van der Waals surface area contributed by atoms with Gasteiger partial charge in [0.25, 0.3) is 17.7 Å². The minimum absolute atomic E-state index is 0.122. The van der Waals surface area contributed by atoms with Crippen molar-refractivity contribution in [3.63, 3.8) is 0 Å². The Labute approximate surface area is 209 Å². The predicted molar refractivity (Wildman–Crippen MR) is 128 cm³/mol. The predicted octanol–water partition coefficient (Wildman–Crippen LogP) is 5.42. The molecule has 0 unspecified atom stereocenters. The molecule has 1 heterocycles. The number of ketones is 1. The summed E-state index contributed by atoms with van der Waals surface area (Å²) in [6.45, 7) is 1.58. The van der Waals surface area contributed by atoms with Crippen molar-refractivity contribution in [3.8, 4) is 0 Å². The number of carbonyl (C=O) groups excluding carboxylic acids is 4. The van der Waals surface area contributed by atoms with E-state index in [1.165, 1.54) is 18.2 Å². The van der Waals surface area contributed by atoms with Crippen molar-refractivity contribution in [1.29, 1.82) is 0 Å². The molecule has 2 aliphatic rings. The van der Waals surface area contributed by atoms with Crippen LogP contribution in [0.15, 0.2) is 46.9 Å². The largest absolute Gasteiger partial charge is 0.292 e. The van der Waals surface area contributed by atoms with Crippen LogP contribution in [0.1, 0.15) is 46.9 Å². The van der Waals surface area contributed by atoms with Crippen LogP contribution in [0.5, 0.6) is 0 Å². The molecule has 0 spiro atoms. The molecule has 1 aliphatic carbocycles. The van der Waals surface area contributed by atoms with Gasteiger partial charge in [-0.2, -0.15) is 5.01 Å². The van der Waals surface area contributed by atoms with Crippen LogP contribution in [0, 0.1) is 17.8 Å². The van der Waals surface area contributed by atoms with E-state index in [1.54, 1.807) is 24.3 Å². The Kier molecular flexibility index (Phi) is 6.93. The summed E-state index contributed by atoms with van der Waals surface area (Å²) in [5.74, 6) is -2.59. The van der Waals surface area contributed by atoms with E-state index >= 15 is 0 Å². The van der Waals surface area contributed by atoms with Crippen molar-refractivity contribution >= 4 is 62.6 Å². The molecular weight excluding hydrogens is 531 g/mol. The first-order chi connectivity index (χ1) is 15.7. The fraction of sp³-hybridized carbons (Fsp3) is 0.333. The fourth-order valence-electron chi connectivity index (χ4n) is 4.48. The second-order valence-corrected chi connectivity index (χ2v) is 10.3. The minimum atomic E-state index is -0.674. The van der Waals surface area contributed by atoms with Crippen LogP contribution in [-0.4, -0.2) is 40.1 Å². The van der Waals surface area contributed by atoms with E-state index in [1.807, 2.05) is 6.92 Å². The SMILES string of the molecule is C[C@@H]1CC[C@@H]2C(=O)N(N(CC(=O)c3ccc(Br)cc3)C(=O)c3ccc(Cl)c(Cl)c3)C(=O)[C@H]2C1. The number of hydrazine groups is 1. The average Bonchev–Trinajstić information content (AvgIpc) is 3.03. The van der Waals surface area contributed by atoms with E-state index in [4.69, 9.17) is 23.2 Å². The topological polar surface area (TPSA) is 74.8 Å². The number of imide groups is 1. The molecule has 3 atom stereocenters. The van der Waals surface area contributed by atoms with Gasteiger partial charge in [0, 0.05) is 15.6 Å². The number of Topliss-reactive ketones (excluding diaryl/α,β-unsaturated/α-hetero) is 1. The zero-order valence-electron chi connectivity index (χ0n) is 17.8. The second-order valence-electron chi connectivity index (χ2n) is 8.54. The van der Waals surface area contributed by atoms with Gasteiger partial charge in [0.2, 0.25) is 0 Å². The van der Waals surface area contributed by atoms with Gasteiger partial charge in [0.05, 0.1) is 21.9 Å². The van der Waals surface area contributed by atoms with Gasteiger partial charge in [-0.05, 0) is 55.5 Å². The second kappa shape index (κ2) is 9.57. The molecule has 4 rings (SSSR count). The molecule has 2 fully saturated rings. The van der Waals surface area contributed by atoms with Crippen LogP contribution in [0.25, 0.3) is 0 Å². The van der Waals surface area contributed by atoms with Crippen molar-refractivity contribution < 1.29 is 19.2 Å². The van der Waals surface area contributed by atoms with Gasteiger partial charge in [-0.25, -0.2) is 5.01 Å². The van der Waals surface area contributed by atoms with Crippen LogP contribution in [0.3, 0.4) is 0 Å². The first kappa shape index (κ1) is 23.9. The molecule has 0 bridgehead atoms. The Hall–Kier alpha value is -2.22. The van der Waals surface area contributed by atoms with Gasteiger partial charge in [0.1, 0.15) is 6.54 Å². The van der Waals surface area contributed by atoms with Crippen molar-refractivity contribution in [1.82, 2.24) is 10.0 Å². The van der Waals surface area contributed by atoms with Crippen LogP contribution < -0.4 is 0 Å². The summed E-state index contributed by atoms with van der Waals surface area (Å²) in [6.07, 6.45) is 2.01. The third-order valence-corrected chi connectivity index (χ3v) is 7.53. The van der Waals surface area contributed by atoms with Gasteiger partial charge in [-0.3, -0.25) is 19.2 Å². The van der Waals surface area contributed by atoms with Gasteiger partial charge in [-0.1, -0.05) is 58.2 Å². The van der Waals surface area contributed by atoms with E-state index in [0.717, 1.165) is 20.9 Å². The van der Waals surface area contributed by atoms with Crippen molar-refractivity contribution in [2.45, 2.75) is 26.2 Å². The summed E-state index contributed by atoms with van der Waals surface area (Å²) in [7, 11) is 0. The van der Waals surface area contributed by atoms with Gasteiger partial charge >= 0.3 is 0 Å². The quantitative estimate of drug-likeness (QED) is 0.367. The first-order valence-electron chi connectivity index (χ1n) is 10.6. The Bertz CT molecular complexity index is 1140. The van der Waals surface area contributed by atoms with E-state index in [-0.39, 0.29) is 15.6 Å². The molecule has 2 aromatic carbocycles. The number of amides is 3. The maximum atomic E-state index is 13.5. The lowest BCUT2D eigenvalue weighted by atomic mass is 9.76. The van der Waals surface area contributed by atoms with Gasteiger partial charge in [0.15, 0.2) is 5.78 Å². The Morgan fingerprint density at radius 1 is 0.970 bits per heavy atom. The highest BCUT2D eigenvalue weighted by Crippen LogP contribution is 2.41. The number of benzene rings is 2. The molecule has 33 heavy (non-hydrogen) atoms. The molecule has 1 saturated heterocycles. The van der Waals surface area contributed by atoms with Crippen molar-refractivity contribution in [2.24, 2.45) is 17.8 Å². The highest BCUT2D eigenvalue weighted by atomic mass is 79.9. The standard InChI is InChI=1S/C24H21BrCl2N2O4/c1-13-2-8-17-18(10-13)24(33)29(23(17)32)28(12-21(30)14-3-6-16(25)7-4-14)22(31)15-5-9-19(26)20(27)11-15/h3-7,9,11,13,17-18H,2,8,10,12H2,1H3/t13-,17+,18+/m1/s1. The summed E-state index contributed by atoms with van der Waals surface area (Å²) in [5, 5.41) is 2.26. The maximum absolute atomic E-state index is 13.5. The molecule has 9 heteroatoms. The highest BCUT2D eigenvalue weighted by Gasteiger charge is 2.52. The van der Waals surface area contributed by atoms with Crippen LogP contribution in [0.2, 0.25) is 10.0 Å². The molecule has 1 saturated carbocycles. The molecular formula is C24H21BrCl2N2O4. The monoisotopic (exact) mass is 550 g/mol. The lowest BCUT2D eigenvalue weighted by Gasteiger charge is -2.30. The average molecular weight is 552 g/mol. The number of carbonyl (C=O) groups is 4. The van der Waals surface area contributed by atoms with Crippen molar-refractivity contribution in [3.05, 3.63) is 68.1 Å². The normalized spacial score (nSPS) is 22.3.